The van der Waals surface area contributed by atoms with Crippen molar-refractivity contribution in [1.82, 2.24) is 4.90 Å². The Balaban J connectivity index is 1.67. The molecule has 6 heteroatoms. The third kappa shape index (κ3) is 6.43. The van der Waals surface area contributed by atoms with Gasteiger partial charge in [-0.3, -0.25) is 9.59 Å². The van der Waals surface area contributed by atoms with Crippen molar-refractivity contribution in [2.24, 2.45) is 0 Å². The first kappa shape index (κ1) is 23.0. The van der Waals surface area contributed by atoms with Crippen molar-refractivity contribution < 1.29 is 19.1 Å². The molecule has 0 aliphatic carbocycles. The molecule has 32 heavy (non-hydrogen) atoms. The van der Waals surface area contributed by atoms with Crippen LogP contribution in [-0.2, 0) is 11.3 Å². The van der Waals surface area contributed by atoms with Crippen molar-refractivity contribution in [3.63, 3.8) is 0 Å². The van der Waals surface area contributed by atoms with E-state index in [1.807, 2.05) is 43.3 Å². The van der Waals surface area contributed by atoms with Gasteiger partial charge in [0.1, 0.15) is 12.4 Å². The first-order valence-electron chi connectivity index (χ1n) is 10.6. The lowest BCUT2D eigenvalue weighted by molar-refractivity contribution is 0.0784. The number of carbonyl (C=O) groups is 2. The molecule has 0 unspecified atom stereocenters. The van der Waals surface area contributed by atoms with Crippen molar-refractivity contribution in [2.75, 3.05) is 32.2 Å². The van der Waals surface area contributed by atoms with Crippen molar-refractivity contribution >= 4 is 17.5 Å². The van der Waals surface area contributed by atoms with E-state index in [4.69, 9.17) is 9.47 Å². The van der Waals surface area contributed by atoms with Crippen LogP contribution in [0.5, 0.6) is 5.75 Å². The highest BCUT2D eigenvalue weighted by Crippen LogP contribution is 2.21. The van der Waals surface area contributed by atoms with Crippen LogP contribution >= 0.6 is 0 Å². The van der Waals surface area contributed by atoms with Crippen molar-refractivity contribution in [1.29, 1.82) is 0 Å². The highest BCUT2D eigenvalue weighted by molar-refractivity contribution is 6.06. The van der Waals surface area contributed by atoms with Crippen LogP contribution in [0.3, 0.4) is 0 Å². The normalized spacial score (nSPS) is 10.4. The molecule has 0 heterocycles. The largest absolute Gasteiger partial charge is 0.490 e. The molecule has 0 aliphatic rings. The van der Waals surface area contributed by atoms with Crippen molar-refractivity contribution in [2.45, 2.75) is 13.5 Å². The number of amides is 2. The minimum atomic E-state index is -0.306. The Labute approximate surface area is 188 Å². The van der Waals surface area contributed by atoms with Crippen LogP contribution in [0.2, 0.25) is 0 Å². The predicted molar refractivity (Wildman–Crippen MR) is 125 cm³/mol. The second-order valence-corrected chi connectivity index (χ2v) is 7.22. The van der Waals surface area contributed by atoms with Gasteiger partial charge in [0.25, 0.3) is 11.8 Å². The molecule has 0 saturated carbocycles. The number of anilines is 1. The zero-order valence-electron chi connectivity index (χ0n) is 18.4. The minimum absolute atomic E-state index is 0.121. The number of hydrogen-bond acceptors (Lipinski definition) is 4. The lowest BCUT2D eigenvalue weighted by atomic mass is 10.1. The van der Waals surface area contributed by atoms with E-state index < -0.39 is 0 Å². The molecule has 0 bridgehead atoms. The maximum Gasteiger partial charge on any atom is 0.259 e. The summed E-state index contributed by atoms with van der Waals surface area (Å²) < 4.78 is 11.0. The zero-order chi connectivity index (χ0) is 22.8. The van der Waals surface area contributed by atoms with E-state index in [2.05, 4.69) is 5.32 Å². The van der Waals surface area contributed by atoms with Gasteiger partial charge in [-0.05, 0) is 42.8 Å². The second-order valence-electron chi connectivity index (χ2n) is 7.22. The monoisotopic (exact) mass is 432 g/mol. The summed E-state index contributed by atoms with van der Waals surface area (Å²) >= 11 is 0. The summed E-state index contributed by atoms with van der Waals surface area (Å²) in [5.41, 5.74) is 2.51. The molecule has 6 nitrogen and oxygen atoms in total. The number of nitrogens with zero attached hydrogens (tertiary/aromatic N) is 1. The summed E-state index contributed by atoms with van der Waals surface area (Å²) in [6, 6.07) is 23.8. The summed E-state index contributed by atoms with van der Waals surface area (Å²) in [7, 11) is 1.76. The number of hydrogen-bond donors (Lipinski definition) is 1. The first-order chi connectivity index (χ1) is 15.6. The molecular formula is C26H28N2O4. The fraction of sp³-hybridized carbons (Fsp3) is 0.231. The zero-order valence-corrected chi connectivity index (χ0v) is 18.4. The average Bonchev–Trinajstić information content (AvgIpc) is 2.82. The van der Waals surface area contributed by atoms with Crippen molar-refractivity contribution in [3.05, 3.63) is 95.6 Å². The maximum absolute atomic E-state index is 12.9. The Morgan fingerprint density at radius 3 is 2.44 bits per heavy atom. The van der Waals surface area contributed by atoms with Gasteiger partial charge in [0.2, 0.25) is 0 Å². The number of ether oxygens (including phenoxy) is 2. The summed E-state index contributed by atoms with van der Waals surface area (Å²) in [4.78, 5) is 27.4. The average molecular weight is 433 g/mol. The third-order valence-corrected chi connectivity index (χ3v) is 4.80. The summed E-state index contributed by atoms with van der Waals surface area (Å²) in [5.74, 6) is 0.0587. The summed E-state index contributed by atoms with van der Waals surface area (Å²) in [6.07, 6.45) is 0. The molecule has 3 rings (SSSR count). The lowest BCUT2D eigenvalue weighted by Gasteiger charge is -2.18. The molecule has 166 valence electrons. The third-order valence-electron chi connectivity index (χ3n) is 4.80. The highest BCUT2D eigenvalue weighted by Gasteiger charge is 2.15. The molecule has 0 atom stereocenters. The van der Waals surface area contributed by atoms with Crippen molar-refractivity contribution in [3.8, 4) is 5.75 Å². The van der Waals surface area contributed by atoms with E-state index >= 15 is 0 Å². The Morgan fingerprint density at radius 2 is 1.66 bits per heavy atom. The van der Waals surface area contributed by atoms with E-state index in [0.29, 0.717) is 48.9 Å². The van der Waals surface area contributed by atoms with Gasteiger partial charge in [0.05, 0.1) is 12.2 Å². The molecule has 1 N–H and O–H groups in total. The maximum atomic E-state index is 12.9. The van der Waals surface area contributed by atoms with Crippen LogP contribution in [0, 0.1) is 0 Å². The van der Waals surface area contributed by atoms with Crippen LogP contribution in [0.25, 0.3) is 0 Å². The summed E-state index contributed by atoms with van der Waals surface area (Å²) in [5, 5.41) is 2.86. The first-order valence-corrected chi connectivity index (χ1v) is 10.6. The Kier molecular flexibility index (Phi) is 8.40. The fourth-order valence-corrected chi connectivity index (χ4v) is 3.21. The van der Waals surface area contributed by atoms with Gasteiger partial charge in [0, 0.05) is 31.5 Å². The van der Waals surface area contributed by atoms with E-state index in [1.54, 1.807) is 54.4 Å². The Bertz CT molecular complexity index is 1040. The van der Waals surface area contributed by atoms with Gasteiger partial charge in [-0.25, -0.2) is 0 Å². The highest BCUT2D eigenvalue weighted by atomic mass is 16.5. The van der Waals surface area contributed by atoms with Crippen LogP contribution in [-0.4, -0.2) is 43.6 Å². The van der Waals surface area contributed by atoms with Crippen LogP contribution in [0.4, 0.5) is 5.69 Å². The lowest BCUT2D eigenvalue weighted by Crippen LogP contribution is -2.26. The minimum Gasteiger partial charge on any atom is -0.490 e. The fourth-order valence-electron chi connectivity index (χ4n) is 3.21. The molecule has 3 aromatic carbocycles. The molecule has 0 spiro atoms. The Morgan fingerprint density at radius 1 is 0.906 bits per heavy atom. The molecule has 0 aromatic heterocycles. The van der Waals surface area contributed by atoms with Gasteiger partial charge < -0.3 is 19.7 Å². The summed E-state index contributed by atoms with van der Waals surface area (Å²) in [6.45, 7) is 3.84. The molecule has 3 aromatic rings. The number of benzene rings is 3. The number of nitrogens with one attached hydrogen (secondary N) is 1. The van der Waals surface area contributed by atoms with E-state index in [1.165, 1.54) is 0 Å². The SMILES string of the molecule is CCOCCOc1ccccc1C(=O)Nc1cccc(C(=O)N(C)Cc2ccccc2)c1. The second kappa shape index (κ2) is 11.7. The predicted octanol–water partition coefficient (Wildman–Crippen LogP) is 4.63. The molecular weight excluding hydrogens is 404 g/mol. The molecule has 0 saturated heterocycles. The van der Waals surface area contributed by atoms with Gasteiger partial charge >= 0.3 is 0 Å². The number of rotatable bonds is 10. The number of para-hydroxylation sites is 1. The van der Waals surface area contributed by atoms with Gasteiger partial charge in [-0.1, -0.05) is 48.5 Å². The number of carbonyl (C=O) groups excluding carboxylic acids is 2. The van der Waals surface area contributed by atoms with Crippen LogP contribution in [0.1, 0.15) is 33.2 Å². The standard InChI is InChI=1S/C26H28N2O4/c1-3-31-16-17-32-24-15-8-7-14-23(24)25(29)27-22-13-9-12-21(18-22)26(30)28(2)19-20-10-5-4-6-11-20/h4-15,18H,3,16-17,19H2,1-2H3,(H,27,29). The van der Waals surface area contributed by atoms with Gasteiger partial charge in [-0.15, -0.1) is 0 Å². The molecule has 0 fully saturated rings. The molecule has 0 radical (unpaired) electrons. The quantitative estimate of drug-likeness (QED) is 0.475. The van der Waals surface area contributed by atoms with E-state index in [0.717, 1.165) is 5.56 Å². The van der Waals surface area contributed by atoms with Gasteiger partial charge in [-0.2, -0.15) is 0 Å². The van der Waals surface area contributed by atoms with E-state index in [9.17, 15) is 9.59 Å². The van der Waals surface area contributed by atoms with Crippen LogP contribution < -0.4 is 10.1 Å². The van der Waals surface area contributed by atoms with Gasteiger partial charge in [0.15, 0.2) is 0 Å². The Hall–Kier alpha value is -3.64. The topological polar surface area (TPSA) is 67.9 Å². The smallest absolute Gasteiger partial charge is 0.259 e. The molecule has 0 aliphatic heterocycles. The van der Waals surface area contributed by atoms with Crippen LogP contribution in [0.15, 0.2) is 78.9 Å². The molecule has 2 amide bonds. The van der Waals surface area contributed by atoms with E-state index in [-0.39, 0.29) is 11.8 Å².